The summed E-state index contributed by atoms with van der Waals surface area (Å²) in [7, 11) is 0. The molecule has 2 aromatic rings. The minimum absolute atomic E-state index is 0. The zero-order chi connectivity index (χ0) is 16.1. The quantitative estimate of drug-likeness (QED) is 0.453. The zero-order valence-electron chi connectivity index (χ0n) is 14.1. The van der Waals surface area contributed by atoms with Crippen LogP contribution >= 0.6 is 24.0 Å². The molecular formula is C18H26IN5. The Kier molecular flexibility index (Phi) is 7.08. The summed E-state index contributed by atoms with van der Waals surface area (Å²) in [5.41, 5.74) is 8.46. The number of guanidine groups is 1. The van der Waals surface area contributed by atoms with Crippen LogP contribution < -0.4 is 5.73 Å². The van der Waals surface area contributed by atoms with Crippen LogP contribution in [0.2, 0.25) is 0 Å². The van der Waals surface area contributed by atoms with Gasteiger partial charge in [0.15, 0.2) is 5.96 Å². The summed E-state index contributed by atoms with van der Waals surface area (Å²) in [5, 5.41) is 4.40. The van der Waals surface area contributed by atoms with Gasteiger partial charge < -0.3 is 10.6 Å². The summed E-state index contributed by atoms with van der Waals surface area (Å²) in [5.74, 6) is 1.46. The van der Waals surface area contributed by atoms with Crippen molar-refractivity contribution in [3.05, 3.63) is 53.9 Å². The molecule has 0 radical (unpaired) electrons. The molecule has 2 heterocycles. The second kappa shape index (κ2) is 9.05. The zero-order valence-corrected chi connectivity index (χ0v) is 16.5. The van der Waals surface area contributed by atoms with Crippen molar-refractivity contribution in [1.29, 1.82) is 0 Å². The summed E-state index contributed by atoms with van der Waals surface area (Å²) in [6.45, 7) is 5.70. The molecule has 130 valence electrons. The second-order valence-electron chi connectivity index (χ2n) is 6.38. The van der Waals surface area contributed by atoms with Crippen molar-refractivity contribution >= 4 is 29.9 Å². The van der Waals surface area contributed by atoms with Gasteiger partial charge in [-0.25, -0.2) is 4.99 Å². The summed E-state index contributed by atoms with van der Waals surface area (Å²) >= 11 is 0. The summed E-state index contributed by atoms with van der Waals surface area (Å²) in [6.07, 6.45) is 6.32. The van der Waals surface area contributed by atoms with E-state index in [1.807, 2.05) is 35.3 Å². The smallest absolute Gasteiger partial charge is 0.191 e. The molecule has 1 aliphatic rings. The largest absolute Gasteiger partial charge is 0.370 e. The number of hydrogen-bond acceptors (Lipinski definition) is 2. The molecular weight excluding hydrogens is 413 g/mol. The highest BCUT2D eigenvalue weighted by atomic mass is 127. The van der Waals surface area contributed by atoms with Gasteiger partial charge in [-0.15, -0.1) is 24.0 Å². The van der Waals surface area contributed by atoms with E-state index in [0.29, 0.717) is 12.5 Å². The van der Waals surface area contributed by atoms with E-state index in [-0.39, 0.29) is 24.0 Å². The lowest BCUT2D eigenvalue weighted by atomic mass is 10.00. The van der Waals surface area contributed by atoms with Gasteiger partial charge in [-0.3, -0.25) is 4.68 Å². The Balaban J connectivity index is 0.00000208. The maximum Gasteiger partial charge on any atom is 0.191 e. The lowest BCUT2D eigenvalue weighted by Crippen LogP contribution is -2.42. The molecule has 0 aliphatic carbocycles. The number of rotatable bonds is 4. The lowest BCUT2D eigenvalue weighted by Gasteiger charge is -2.30. The molecule has 0 amide bonds. The van der Waals surface area contributed by atoms with Gasteiger partial charge in [-0.1, -0.05) is 37.3 Å². The predicted octanol–water partition coefficient (Wildman–Crippen LogP) is 3.10. The van der Waals surface area contributed by atoms with Crippen LogP contribution in [0.15, 0.2) is 47.7 Å². The first kappa shape index (κ1) is 18.8. The Hall–Kier alpha value is -1.57. The van der Waals surface area contributed by atoms with E-state index < -0.39 is 0 Å². The summed E-state index contributed by atoms with van der Waals surface area (Å²) < 4.78 is 1.94. The minimum atomic E-state index is 0. The molecule has 6 heteroatoms. The average molecular weight is 439 g/mol. The highest BCUT2D eigenvalue weighted by molar-refractivity contribution is 14.0. The molecule has 3 rings (SSSR count). The van der Waals surface area contributed by atoms with Crippen molar-refractivity contribution < 1.29 is 0 Å². The predicted molar refractivity (Wildman–Crippen MR) is 108 cm³/mol. The third-order valence-electron chi connectivity index (χ3n) is 4.41. The van der Waals surface area contributed by atoms with Crippen LogP contribution in [0.3, 0.4) is 0 Å². The van der Waals surface area contributed by atoms with Gasteiger partial charge in [0.05, 0.1) is 19.3 Å². The summed E-state index contributed by atoms with van der Waals surface area (Å²) in [6, 6.07) is 10.3. The fourth-order valence-corrected chi connectivity index (χ4v) is 2.85. The number of aromatic nitrogens is 2. The van der Waals surface area contributed by atoms with Crippen molar-refractivity contribution in [2.24, 2.45) is 16.6 Å². The van der Waals surface area contributed by atoms with Gasteiger partial charge in [-0.2, -0.15) is 5.10 Å². The third kappa shape index (κ3) is 5.22. The number of likely N-dealkylation sites (tertiary alicyclic amines) is 1. The number of nitrogens with two attached hydrogens (primary N) is 1. The third-order valence-corrected chi connectivity index (χ3v) is 4.41. The number of piperidine rings is 1. The van der Waals surface area contributed by atoms with Crippen LogP contribution in [0.25, 0.3) is 0 Å². The number of halogens is 1. The van der Waals surface area contributed by atoms with Gasteiger partial charge in [0.1, 0.15) is 0 Å². The van der Waals surface area contributed by atoms with Gasteiger partial charge in [-0.05, 0) is 24.3 Å². The van der Waals surface area contributed by atoms with E-state index in [1.54, 1.807) is 0 Å². The van der Waals surface area contributed by atoms with Crippen molar-refractivity contribution in [3.63, 3.8) is 0 Å². The number of nitrogens with zero attached hydrogens (tertiary/aromatic N) is 4. The van der Waals surface area contributed by atoms with Crippen molar-refractivity contribution in [1.82, 2.24) is 14.7 Å². The molecule has 0 saturated carbocycles. The number of benzene rings is 1. The van der Waals surface area contributed by atoms with Crippen molar-refractivity contribution in [2.45, 2.75) is 32.9 Å². The first-order valence-corrected chi connectivity index (χ1v) is 8.31. The molecule has 0 bridgehead atoms. The van der Waals surface area contributed by atoms with E-state index >= 15 is 0 Å². The van der Waals surface area contributed by atoms with Gasteiger partial charge in [0, 0.05) is 24.8 Å². The molecule has 1 aliphatic heterocycles. The Morgan fingerprint density at radius 1 is 1.21 bits per heavy atom. The fraction of sp³-hybridized carbons (Fsp3) is 0.444. The molecule has 0 unspecified atom stereocenters. The minimum Gasteiger partial charge on any atom is -0.370 e. The number of hydrogen-bond donors (Lipinski definition) is 1. The lowest BCUT2D eigenvalue weighted by molar-refractivity contribution is 0.277. The molecule has 1 saturated heterocycles. The van der Waals surface area contributed by atoms with E-state index in [9.17, 15) is 0 Å². The van der Waals surface area contributed by atoms with Crippen molar-refractivity contribution in [3.8, 4) is 0 Å². The normalized spacial score (nSPS) is 16.0. The summed E-state index contributed by atoms with van der Waals surface area (Å²) in [4.78, 5) is 6.72. The molecule has 0 spiro atoms. The molecule has 24 heavy (non-hydrogen) atoms. The van der Waals surface area contributed by atoms with Crippen LogP contribution in [0, 0.1) is 5.92 Å². The molecule has 5 nitrogen and oxygen atoms in total. The molecule has 1 fully saturated rings. The average Bonchev–Trinajstić information content (AvgIpc) is 3.02. The molecule has 0 atom stereocenters. The Labute approximate surface area is 161 Å². The molecule has 1 aromatic heterocycles. The SMILES string of the molecule is CC1CCN(C(N)=NCc2cnn(Cc3ccccc3)c2)CC1.I. The maximum absolute atomic E-state index is 6.12. The maximum atomic E-state index is 6.12. The van der Waals surface area contributed by atoms with Crippen LogP contribution in [0.5, 0.6) is 0 Å². The van der Waals surface area contributed by atoms with E-state index in [1.165, 1.54) is 18.4 Å². The number of aliphatic imine (C=N–C) groups is 1. The van der Waals surface area contributed by atoms with Crippen molar-refractivity contribution in [2.75, 3.05) is 13.1 Å². The van der Waals surface area contributed by atoms with E-state index in [2.05, 4.69) is 34.0 Å². The first-order chi connectivity index (χ1) is 11.2. The van der Waals surface area contributed by atoms with E-state index in [0.717, 1.165) is 31.1 Å². The standard InChI is InChI=1S/C18H25N5.HI/c1-15-7-9-22(10-8-15)18(19)20-11-17-12-21-23(14-17)13-16-5-3-2-4-6-16;/h2-6,12,14-15H,7-11,13H2,1H3,(H2,19,20);1H. The fourth-order valence-electron chi connectivity index (χ4n) is 2.85. The Morgan fingerprint density at radius 3 is 2.62 bits per heavy atom. The topological polar surface area (TPSA) is 59.4 Å². The Morgan fingerprint density at radius 2 is 1.92 bits per heavy atom. The molecule has 1 aromatic carbocycles. The van der Waals surface area contributed by atoms with Crippen LogP contribution in [0.4, 0.5) is 0 Å². The van der Waals surface area contributed by atoms with Crippen LogP contribution in [-0.2, 0) is 13.1 Å². The highest BCUT2D eigenvalue weighted by Gasteiger charge is 2.16. The van der Waals surface area contributed by atoms with E-state index in [4.69, 9.17) is 5.73 Å². The van der Waals surface area contributed by atoms with Gasteiger partial charge >= 0.3 is 0 Å². The van der Waals surface area contributed by atoms with Gasteiger partial charge in [0.25, 0.3) is 0 Å². The van der Waals surface area contributed by atoms with Gasteiger partial charge in [0.2, 0.25) is 0 Å². The second-order valence-corrected chi connectivity index (χ2v) is 6.38. The molecule has 2 N–H and O–H groups in total. The highest BCUT2D eigenvalue weighted by Crippen LogP contribution is 2.15. The Bertz CT molecular complexity index is 644. The van der Waals surface area contributed by atoms with Crippen LogP contribution in [0.1, 0.15) is 30.9 Å². The monoisotopic (exact) mass is 439 g/mol. The van der Waals surface area contributed by atoms with Crippen LogP contribution in [-0.4, -0.2) is 33.7 Å². The first-order valence-electron chi connectivity index (χ1n) is 8.31.